The second-order valence-corrected chi connectivity index (χ2v) is 7.14. The van der Waals surface area contributed by atoms with Gasteiger partial charge >= 0.3 is 0 Å². The van der Waals surface area contributed by atoms with E-state index in [2.05, 4.69) is 10.3 Å². The molecule has 0 saturated heterocycles. The van der Waals surface area contributed by atoms with E-state index in [-0.39, 0.29) is 27.2 Å². The number of fused-ring (bicyclic) bond motifs is 1. The topological polar surface area (TPSA) is 75.4 Å². The van der Waals surface area contributed by atoms with Crippen molar-refractivity contribution in [3.05, 3.63) is 75.2 Å². The van der Waals surface area contributed by atoms with Crippen LogP contribution in [-0.2, 0) is 0 Å². The molecule has 0 unspecified atom stereocenters. The van der Waals surface area contributed by atoms with Gasteiger partial charge in [-0.05, 0) is 42.5 Å². The van der Waals surface area contributed by atoms with Crippen molar-refractivity contribution in [1.82, 2.24) is 4.98 Å². The first-order chi connectivity index (χ1) is 13.4. The van der Waals surface area contributed by atoms with Crippen molar-refractivity contribution in [2.75, 3.05) is 5.32 Å². The Balaban J connectivity index is 1.62. The molecule has 0 saturated carbocycles. The Morgan fingerprint density at radius 3 is 2.64 bits per heavy atom. The zero-order valence-electron chi connectivity index (χ0n) is 14.0. The Hall–Kier alpha value is -2.73. The van der Waals surface area contributed by atoms with Crippen LogP contribution in [0.3, 0.4) is 0 Å². The van der Waals surface area contributed by atoms with E-state index in [0.29, 0.717) is 27.4 Å². The molecule has 1 amide bonds. The highest BCUT2D eigenvalue weighted by atomic mass is 35.5. The second-order valence-electron chi connectivity index (χ2n) is 5.92. The fraction of sp³-hybridized carbons (Fsp3) is 0. The Morgan fingerprint density at radius 2 is 1.86 bits per heavy atom. The summed E-state index contributed by atoms with van der Waals surface area (Å²) in [6.07, 6.45) is 0. The van der Waals surface area contributed by atoms with E-state index in [1.54, 1.807) is 48.5 Å². The number of nitrogens with zero attached hydrogens (tertiary/aromatic N) is 1. The SMILES string of the molecule is O=C(Nc1ccc(-c2nc3cc(Cl)ccc3o2)c(O)c1)c1cccc(Cl)c1Cl. The number of halogens is 3. The lowest BCUT2D eigenvalue weighted by atomic mass is 10.1. The number of benzene rings is 3. The summed E-state index contributed by atoms with van der Waals surface area (Å²) in [5, 5.41) is 14.0. The Labute approximate surface area is 174 Å². The van der Waals surface area contributed by atoms with E-state index >= 15 is 0 Å². The van der Waals surface area contributed by atoms with Gasteiger partial charge in [-0.1, -0.05) is 40.9 Å². The normalized spacial score (nSPS) is 11.0. The molecular formula is C20H11Cl3N2O3. The minimum absolute atomic E-state index is 0.104. The van der Waals surface area contributed by atoms with Crippen LogP contribution in [0, 0.1) is 0 Å². The van der Waals surface area contributed by atoms with Crippen LogP contribution in [0.5, 0.6) is 5.75 Å². The second kappa shape index (κ2) is 7.36. The van der Waals surface area contributed by atoms with E-state index in [1.807, 2.05) is 0 Å². The number of hydrogen-bond donors (Lipinski definition) is 2. The van der Waals surface area contributed by atoms with Gasteiger partial charge in [-0.3, -0.25) is 4.79 Å². The number of amides is 1. The number of hydrogen-bond acceptors (Lipinski definition) is 4. The number of rotatable bonds is 3. The van der Waals surface area contributed by atoms with Crippen molar-refractivity contribution in [2.45, 2.75) is 0 Å². The lowest BCUT2D eigenvalue weighted by Gasteiger charge is -2.09. The molecule has 0 spiro atoms. The summed E-state index contributed by atoms with van der Waals surface area (Å²) in [6.45, 7) is 0. The van der Waals surface area contributed by atoms with Gasteiger partial charge in [-0.2, -0.15) is 0 Å². The molecule has 140 valence electrons. The number of carbonyl (C=O) groups excluding carboxylic acids is 1. The quantitative estimate of drug-likeness (QED) is 0.391. The summed E-state index contributed by atoms with van der Waals surface area (Å²) in [6, 6.07) is 14.5. The monoisotopic (exact) mass is 432 g/mol. The number of anilines is 1. The molecule has 28 heavy (non-hydrogen) atoms. The van der Waals surface area contributed by atoms with Crippen LogP contribution in [0.1, 0.15) is 10.4 Å². The molecular weight excluding hydrogens is 423 g/mol. The molecule has 1 heterocycles. The molecule has 4 aromatic rings. The minimum Gasteiger partial charge on any atom is -0.507 e. The van der Waals surface area contributed by atoms with Crippen molar-refractivity contribution >= 4 is 57.5 Å². The van der Waals surface area contributed by atoms with E-state index in [1.165, 1.54) is 6.07 Å². The van der Waals surface area contributed by atoms with Crippen LogP contribution in [0.15, 0.2) is 59.0 Å². The largest absolute Gasteiger partial charge is 0.507 e. The standard InChI is InChI=1S/C20H11Cl3N2O3/c21-10-4-7-17-15(8-10)25-20(28-17)12-6-5-11(9-16(12)26)24-19(27)13-2-1-3-14(22)18(13)23/h1-9,26H,(H,24,27). The Kier molecular flexibility index (Phi) is 4.89. The summed E-state index contributed by atoms with van der Waals surface area (Å²) in [4.78, 5) is 16.8. The van der Waals surface area contributed by atoms with Gasteiger partial charge in [0.25, 0.3) is 5.91 Å². The molecule has 2 N–H and O–H groups in total. The third-order valence-corrected chi connectivity index (χ3v) is 5.09. The molecule has 0 fully saturated rings. The molecule has 8 heteroatoms. The highest BCUT2D eigenvalue weighted by Gasteiger charge is 2.16. The lowest BCUT2D eigenvalue weighted by molar-refractivity contribution is 0.102. The third kappa shape index (κ3) is 3.52. The number of oxazole rings is 1. The zero-order chi connectivity index (χ0) is 19.8. The smallest absolute Gasteiger partial charge is 0.257 e. The summed E-state index contributed by atoms with van der Waals surface area (Å²) in [7, 11) is 0. The van der Waals surface area contributed by atoms with E-state index < -0.39 is 5.91 Å². The number of nitrogens with one attached hydrogen (secondary N) is 1. The predicted octanol–water partition coefficient (Wildman–Crippen LogP) is 6.41. The first-order valence-corrected chi connectivity index (χ1v) is 9.20. The van der Waals surface area contributed by atoms with Gasteiger partial charge in [0.05, 0.1) is 21.2 Å². The van der Waals surface area contributed by atoms with Crippen molar-refractivity contribution in [3.8, 4) is 17.2 Å². The molecule has 0 bridgehead atoms. The molecule has 1 aromatic heterocycles. The van der Waals surface area contributed by atoms with Crippen LogP contribution >= 0.6 is 34.8 Å². The predicted molar refractivity (Wildman–Crippen MR) is 111 cm³/mol. The van der Waals surface area contributed by atoms with Crippen LogP contribution in [0.25, 0.3) is 22.6 Å². The van der Waals surface area contributed by atoms with Gasteiger partial charge in [0, 0.05) is 16.8 Å². The minimum atomic E-state index is -0.448. The maximum Gasteiger partial charge on any atom is 0.257 e. The number of aromatic hydroxyl groups is 1. The third-order valence-electron chi connectivity index (χ3n) is 4.03. The molecule has 4 rings (SSSR count). The summed E-state index contributed by atoms with van der Waals surface area (Å²) in [5.74, 6) is -0.311. The molecule has 0 radical (unpaired) electrons. The number of phenolic OH excluding ortho intramolecular Hbond substituents is 1. The fourth-order valence-corrected chi connectivity index (χ4v) is 3.24. The maximum absolute atomic E-state index is 12.4. The average molecular weight is 434 g/mol. The van der Waals surface area contributed by atoms with Crippen LogP contribution in [0.4, 0.5) is 5.69 Å². The van der Waals surface area contributed by atoms with E-state index in [0.717, 1.165) is 0 Å². The summed E-state index contributed by atoms with van der Waals surface area (Å²) in [5.41, 5.74) is 2.11. The highest BCUT2D eigenvalue weighted by molar-refractivity contribution is 6.44. The van der Waals surface area contributed by atoms with Gasteiger partial charge in [-0.15, -0.1) is 0 Å². The van der Waals surface area contributed by atoms with Crippen molar-refractivity contribution in [3.63, 3.8) is 0 Å². The zero-order valence-corrected chi connectivity index (χ0v) is 16.3. The van der Waals surface area contributed by atoms with Crippen LogP contribution in [-0.4, -0.2) is 16.0 Å². The molecule has 0 aliphatic heterocycles. The van der Waals surface area contributed by atoms with E-state index in [9.17, 15) is 9.90 Å². The number of carbonyl (C=O) groups is 1. The summed E-state index contributed by atoms with van der Waals surface area (Å²) < 4.78 is 5.66. The van der Waals surface area contributed by atoms with Gasteiger partial charge in [0.15, 0.2) is 5.58 Å². The molecule has 0 aliphatic rings. The van der Waals surface area contributed by atoms with Crippen LogP contribution < -0.4 is 5.32 Å². The van der Waals surface area contributed by atoms with E-state index in [4.69, 9.17) is 39.2 Å². The Bertz CT molecular complexity index is 1220. The van der Waals surface area contributed by atoms with Gasteiger partial charge in [-0.25, -0.2) is 4.98 Å². The first-order valence-electron chi connectivity index (χ1n) is 8.07. The molecule has 0 aliphatic carbocycles. The first kappa shape index (κ1) is 18.6. The fourth-order valence-electron chi connectivity index (χ4n) is 2.68. The lowest BCUT2D eigenvalue weighted by Crippen LogP contribution is -2.12. The maximum atomic E-state index is 12.4. The van der Waals surface area contributed by atoms with Gasteiger partial charge < -0.3 is 14.8 Å². The van der Waals surface area contributed by atoms with Crippen LogP contribution in [0.2, 0.25) is 15.1 Å². The van der Waals surface area contributed by atoms with Crippen molar-refractivity contribution < 1.29 is 14.3 Å². The van der Waals surface area contributed by atoms with Crippen molar-refractivity contribution in [2.24, 2.45) is 0 Å². The van der Waals surface area contributed by atoms with Gasteiger partial charge in [0.1, 0.15) is 11.3 Å². The molecule has 5 nitrogen and oxygen atoms in total. The average Bonchev–Trinajstić information content (AvgIpc) is 3.06. The highest BCUT2D eigenvalue weighted by Crippen LogP contribution is 2.34. The number of phenols is 1. The Morgan fingerprint density at radius 1 is 1.04 bits per heavy atom. The summed E-state index contributed by atoms with van der Waals surface area (Å²) >= 11 is 18.0. The molecule has 3 aromatic carbocycles. The number of aromatic nitrogens is 1. The molecule has 0 atom stereocenters. The van der Waals surface area contributed by atoms with Crippen molar-refractivity contribution in [1.29, 1.82) is 0 Å². The van der Waals surface area contributed by atoms with Gasteiger partial charge in [0.2, 0.25) is 5.89 Å².